The molecule has 0 aliphatic carbocycles. The second-order valence-corrected chi connectivity index (χ2v) is 1.81. The molecule has 0 N–H and O–H groups in total. The van der Waals surface area contributed by atoms with Crippen LogP contribution >= 0.6 is 0 Å². The number of hydrogen-bond acceptors (Lipinski definition) is 3. The molecule has 0 unspecified atom stereocenters. The predicted octanol–water partition coefficient (Wildman–Crippen LogP) is 1.71. The maximum absolute atomic E-state index is 9.83. The third kappa shape index (κ3) is 1.76. The summed E-state index contributed by atoms with van der Waals surface area (Å²) in [7, 11) is 0. The van der Waals surface area contributed by atoms with E-state index in [9.17, 15) is 4.79 Å². The van der Waals surface area contributed by atoms with E-state index in [-0.39, 0.29) is 0 Å². The highest BCUT2D eigenvalue weighted by Crippen LogP contribution is 2.16. The third-order valence-corrected chi connectivity index (χ3v) is 1.14. The molecule has 1 rings (SSSR count). The lowest BCUT2D eigenvalue weighted by molar-refractivity contribution is -0.120. The van der Waals surface area contributed by atoms with Crippen molar-refractivity contribution in [1.82, 2.24) is 0 Å². The SMILES string of the molecule is N#[N+]c1ccc(OC=O)cc1. The monoisotopic (exact) mass is 149 g/mol. The normalized spacial score (nSPS) is 8.27. The van der Waals surface area contributed by atoms with Crippen LogP contribution < -0.4 is 4.74 Å². The molecule has 0 heterocycles. The van der Waals surface area contributed by atoms with Gasteiger partial charge in [-0.2, -0.15) is 0 Å². The van der Waals surface area contributed by atoms with Crippen molar-refractivity contribution in [1.29, 1.82) is 5.39 Å². The first-order chi connectivity index (χ1) is 5.36. The largest absolute Gasteiger partial charge is 0.429 e. The van der Waals surface area contributed by atoms with Crippen LogP contribution in [0.3, 0.4) is 0 Å². The zero-order valence-electron chi connectivity index (χ0n) is 5.60. The van der Waals surface area contributed by atoms with Crippen LogP contribution in [0.25, 0.3) is 4.98 Å². The molecule has 0 aliphatic rings. The van der Waals surface area contributed by atoms with Crippen molar-refractivity contribution < 1.29 is 9.53 Å². The summed E-state index contributed by atoms with van der Waals surface area (Å²) >= 11 is 0. The maximum atomic E-state index is 9.83. The van der Waals surface area contributed by atoms with Crippen LogP contribution in [-0.4, -0.2) is 6.47 Å². The number of hydrogen-bond donors (Lipinski definition) is 0. The fourth-order valence-corrected chi connectivity index (χ4v) is 0.647. The summed E-state index contributed by atoms with van der Waals surface area (Å²) in [6, 6.07) is 6.12. The Balaban J connectivity index is 2.84. The molecule has 1 aromatic carbocycles. The number of nitrogens with zero attached hydrogens (tertiary/aromatic N) is 2. The van der Waals surface area contributed by atoms with Crippen molar-refractivity contribution in [3.63, 3.8) is 0 Å². The Hall–Kier alpha value is -1.89. The molecule has 0 saturated carbocycles. The fraction of sp³-hybridized carbons (Fsp3) is 0. The van der Waals surface area contributed by atoms with Crippen molar-refractivity contribution in [3.05, 3.63) is 29.2 Å². The van der Waals surface area contributed by atoms with Gasteiger partial charge < -0.3 is 4.74 Å². The Kier molecular flexibility index (Phi) is 2.18. The van der Waals surface area contributed by atoms with E-state index >= 15 is 0 Å². The second kappa shape index (κ2) is 3.32. The Bertz CT molecular complexity index is 286. The summed E-state index contributed by atoms with van der Waals surface area (Å²) in [6.07, 6.45) is 0. The molecule has 4 heteroatoms. The van der Waals surface area contributed by atoms with Gasteiger partial charge in [-0.05, 0) is 12.1 Å². The maximum Gasteiger partial charge on any atom is 0.385 e. The van der Waals surface area contributed by atoms with Gasteiger partial charge in [0, 0.05) is 12.1 Å². The van der Waals surface area contributed by atoms with E-state index in [1.807, 2.05) is 0 Å². The van der Waals surface area contributed by atoms with E-state index in [1.165, 1.54) is 24.3 Å². The van der Waals surface area contributed by atoms with Crippen LogP contribution in [0.4, 0.5) is 5.69 Å². The summed E-state index contributed by atoms with van der Waals surface area (Å²) in [4.78, 5) is 12.8. The first-order valence-corrected chi connectivity index (χ1v) is 2.92. The summed E-state index contributed by atoms with van der Waals surface area (Å²) in [5.41, 5.74) is 0.420. The smallest absolute Gasteiger partial charge is 0.385 e. The van der Waals surface area contributed by atoms with Gasteiger partial charge in [0.1, 0.15) is 5.75 Å². The predicted molar refractivity (Wildman–Crippen MR) is 37.9 cm³/mol. The van der Waals surface area contributed by atoms with Crippen LogP contribution in [-0.2, 0) is 4.79 Å². The number of ether oxygens (including phenoxy) is 1. The third-order valence-electron chi connectivity index (χ3n) is 1.14. The second-order valence-electron chi connectivity index (χ2n) is 1.81. The Morgan fingerprint density at radius 2 is 2.00 bits per heavy atom. The van der Waals surface area contributed by atoms with E-state index in [4.69, 9.17) is 5.39 Å². The van der Waals surface area contributed by atoms with Crippen molar-refractivity contribution in [2.75, 3.05) is 0 Å². The van der Waals surface area contributed by atoms with Gasteiger partial charge in [-0.1, -0.05) is 0 Å². The van der Waals surface area contributed by atoms with Gasteiger partial charge in [0.25, 0.3) is 6.47 Å². The average molecular weight is 149 g/mol. The molecule has 11 heavy (non-hydrogen) atoms. The molecule has 0 fully saturated rings. The molecule has 0 radical (unpaired) electrons. The summed E-state index contributed by atoms with van der Waals surface area (Å²) in [5, 5.41) is 8.27. The molecule has 0 spiro atoms. The molecular weight excluding hydrogens is 144 g/mol. The number of carbonyl (C=O) groups is 1. The van der Waals surface area contributed by atoms with Gasteiger partial charge in [0.15, 0.2) is 4.98 Å². The van der Waals surface area contributed by atoms with E-state index in [2.05, 4.69) is 9.71 Å². The summed E-state index contributed by atoms with van der Waals surface area (Å²) in [5.74, 6) is 0.424. The van der Waals surface area contributed by atoms with Gasteiger partial charge >= 0.3 is 5.69 Å². The molecule has 0 amide bonds. The van der Waals surface area contributed by atoms with Crippen molar-refractivity contribution in [3.8, 4) is 5.75 Å². The molecule has 0 aromatic heterocycles. The zero-order chi connectivity index (χ0) is 8.10. The minimum atomic E-state index is 0.338. The lowest BCUT2D eigenvalue weighted by atomic mass is 10.3. The molecule has 54 valence electrons. The highest BCUT2D eigenvalue weighted by molar-refractivity contribution is 5.50. The Morgan fingerprint density at radius 1 is 1.36 bits per heavy atom. The number of carbonyl (C=O) groups excluding carboxylic acids is 1. The quantitative estimate of drug-likeness (QED) is 0.475. The van der Waals surface area contributed by atoms with Crippen LogP contribution in [0.15, 0.2) is 24.3 Å². The lowest BCUT2D eigenvalue weighted by Crippen LogP contribution is -1.86. The molecular formula is C7H5N2O2+. The van der Waals surface area contributed by atoms with E-state index in [1.54, 1.807) is 0 Å². The van der Waals surface area contributed by atoms with Crippen LogP contribution in [0.5, 0.6) is 5.75 Å². The zero-order valence-corrected chi connectivity index (χ0v) is 5.60. The first-order valence-electron chi connectivity index (χ1n) is 2.92. The van der Waals surface area contributed by atoms with Crippen molar-refractivity contribution in [2.45, 2.75) is 0 Å². The molecule has 0 atom stereocenters. The molecule has 1 aromatic rings. The van der Waals surface area contributed by atoms with Crippen LogP contribution in [0.1, 0.15) is 0 Å². The minimum absolute atomic E-state index is 0.338. The fourth-order valence-electron chi connectivity index (χ4n) is 0.647. The van der Waals surface area contributed by atoms with Gasteiger partial charge in [0.2, 0.25) is 5.39 Å². The number of rotatable bonds is 2. The number of diazo groups is 1. The minimum Gasteiger partial charge on any atom is -0.429 e. The van der Waals surface area contributed by atoms with E-state index in [0.29, 0.717) is 17.9 Å². The van der Waals surface area contributed by atoms with Gasteiger partial charge in [0.05, 0.1) is 0 Å². The highest BCUT2D eigenvalue weighted by atomic mass is 16.5. The van der Waals surface area contributed by atoms with Gasteiger partial charge in [-0.15, -0.1) is 0 Å². The highest BCUT2D eigenvalue weighted by Gasteiger charge is 2.01. The van der Waals surface area contributed by atoms with Crippen molar-refractivity contribution in [2.24, 2.45) is 0 Å². The first kappa shape index (κ1) is 7.22. The summed E-state index contributed by atoms with van der Waals surface area (Å²) in [6.45, 7) is 0.338. The average Bonchev–Trinajstić information content (AvgIpc) is 2.07. The van der Waals surface area contributed by atoms with E-state index < -0.39 is 0 Å². The van der Waals surface area contributed by atoms with Gasteiger partial charge in [-0.3, -0.25) is 4.79 Å². The van der Waals surface area contributed by atoms with Crippen LogP contribution in [0.2, 0.25) is 0 Å². The summed E-state index contributed by atoms with van der Waals surface area (Å²) < 4.78 is 4.50. The molecule has 4 nitrogen and oxygen atoms in total. The Labute approximate surface area is 63.0 Å². The Morgan fingerprint density at radius 3 is 2.45 bits per heavy atom. The topological polar surface area (TPSA) is 54.4 Å². The van der Waals surface area contributed by atoms with Gasteiger partial charge in [-0.25, -0.2) is 0 Å². The lowest BCUT2D eigenvalue weighted by Gasteiger charge is -1.91. The van der Waals surface area contributed by atoms with E-state index in [0.717, 1.165) is 0 Å². The van der Waals surface area contributed by atoms with Crippen molar-refractivity contribution >= 4 is 12.2 Å². The molecule has 0 aliphatic heterocycles. The standard InChI is InChI=1S/C7H5N2O2/c8-9-6-1-3-7(4-2-6)11-5-10/h1-5H/q+1. The molecule has 0 saturated heterocycles. The molecule has 0 bridgehead atoms. The number of benzene rings is 1. The van der Waals surface area contributed by atoms with Crippen LogP contribution in [0, 0.1) is 5.39 Å².